The second kappa shape index (κ2) is 8.49. The lowest BCUT2D eigenvalue weighted by molar-refractivity contribution is -0.132. The summed E-state index contributed by atoms with van der Waals surface area (Å²) in [6.45, 7) is 11.0. The normalized spacial score (nSPS) is 19.8. The minimum atomic E-state index is -2.37. The average molecular weight is 362 g/mol. The molecule has 0 fully saturated rings. The highest BCUT2D eigenvalue weighted by Crippen LogP contribution is 2.42. The number of rotatable bonds is 8. The van der Waals surface area contributed by atoms with Gasteiger partial charge in [-0.1, -0.05) is 37.1 Å². The third-order valence-electron chi connectivity index (χ3n) is 4.23. The topological polar surface area (TPSA) is 94.8 Å². The van der Waals surface area contributed by atoms with Crippen LogP contribution in [0.2, 0.25) is 0 Å². The van der Waals surface area contributed by atoms with E-state index in [2.05, 4.69) is 0 Å². The van der Waals surface area contributed by atoms with E-state index in [1.807, 2.05) is 41.5 Å². The van der Waals surface area contributed by atoms with Gasteiger partial charge in [-0.25, -0.2) is 0 Å². The van der Waals surface area contributed by atoms with Gasteiger partial charge in [-0.15, -0.1) is 0 Å². The first kappa shape index (κ1) is 21.9. The highest BCUT2D eigenvalue weighted by molar-refractivity contribution is 6.06. The van der Waals surface area contributed by atoms with E-state index < -0.39 is 28.7 Å². The monoisotopic (exact) mass is 362 g/mol. The van der Waals surface area contributed by atoms with Crippen LogP contribution >= 0.6 is 0 Å². The van der Waals surface area contributed by atoms with Crippen LogP contribution in [0.5, 0.6) is 0 Å². The second-order valence-electron chi connectivity index (χ2n) is 7.68. The minimum Gasteiger partial charge on any atom is -0.507 e. The van der Waals surface area contributed by atoms with Crippen LogP contribution in [-0.4, -0.2) is 32.5 Å². The van der Waals surface area contributed by atoms with Crippen molar-refractivity contribution in [3.63, 3.8) is 0 Å². The smallest absolute Gasteiger partial charge is 0.207 e. The summed E-state index contributed by atoms with van der Waals surface area (Å²) in [5.41, 5.74) is -0.951. The Bertz CT molecular complexity index is 711. The Kier molecular flexibility index (Phi) is 7.16. The third-order valence-corrected chi connectivity index (χ3v) is 4.23. The second-order valence-corrected chi connectivity index (χ2v) is 7.68. The van der Waals surface area contributed by atoms with Gasteiger partial charge in [-0.3, -0.25) is 9.59 Å². The summed E-state index contributed by atoms with van der Waals surface area (Å²) in [6.07, 6.45) is 3.41. The van der Waals surface area contributed by atoms with Gasteiger partial charge >= 0.3 is 0 Å². The Morgan fingerprint density at radius 2 is 1.58 bits per heavy atom. The van der Waals surface area contributed by atoms with E-state index >= 15 is 0 Å². The molecule has 1 rings (SSSR count). The fraction of sp³-hybridized carbons (Fsp3) is 0.524. The number of Topliss-reactive ketones (excluding diaryl/α,β-unsaturated/α-hetero) is 2. The molecule has 0 heterocycles. The van der Waals surface area contributed by atoms with Crippen molar-refractivity contribution < 1.29 is 24.9 Å². The maximum Gasteiger partial charge on any atom is 0.207 e. The van der Waals surface area contributed by atoms with Crippen molar-refractivity contribution in [1.82, 2.24) is 0 Å². The molecular weight excluding hydrogens is 332 g/mol. The fourth-order valence-electron chi connectivity index (χ4n) is 2.79. The molecule has 0 saturated carbocycles. The van der Waals surface area contributed by atoms with Gasteiger partial charge in [0.25, 0.3) is 0 Å². The molecule has 0 aromatic rings. The number of ketones is 2. The minimum absolute atomic E-state index is 0.00639. The molecule has 26 heavy (non-hydrogen) atoms. The SMILES string of the molecule is CC(C)=CCC(=O)C1(O)C(O)=C(C(=O)CC(C)C)C(O)=C1CC=C(C)C. The Morgan fingerprint density at radius 3 is 2.04 bits per heavy atom. The quantitative estimate of drug-likeness (QED) is 0.561. The first-order valence-corrected chi connectivity index (χ1v) is 8.85. The molecule has 0 aliphatic heterocycles. The maximum absolute atomic E-state index is 12.7. The van der Waals surface area contributed by atoms with Crippen LogP contribution in [0.1, 0.15) is 60.8 Å². The molecule has 1 unspecified atom stereocenters. The summed E-state index contributed by atoms with van der Waals surface area (Å²) in [6, 6.07) is 0. The zero-order chi connectivity index (χ0) is 20.2. The zero-order valence-corrected chi connectivity index (χ0v) is 16.5. The summed E-state index contributed by atoms with van der Waals surface area (Å²) in [5, 5.41) is 32.2. The molecule has 144 valence electrons. The molecular formula is C21H30O5. The van der Waals surface area contributed by atoms with E-state index in [4.69, 9.17) is 0 Å². The highest BCUT2D eigenvalue weighted by atomic mass is 16.4. The largest absolute Gasteiger partial charge is 0.507 e. The van der Waals surface area contributed by atoms with Gasteiger partial charge in [0.1, 0.15) is 11.3 Å². The van der Waals surface area contributed by atoms with Crippen LogP contribution in [-0.2, 0) is 9.59 Å². The summed E-state index contributed by atoms with van der Waals surface area (Å²) in [4.78, 5) is 25.2. The Labute approximate surface area is 155 Å². The standard InChI is InChI=1S/C21H30O5/c1-12(2)7-9-15-19(24)18(16(22)11-14(5)6)20(25)21(15,26)17(23)10-8-13(3)4/h7-8,14,24-26H,9-11H2,1-6H3. The first-order chi connectivity index (χ1) is 11.9. The number of carbonyl (C=O) groups is 2. The van der Waals surface area contributed by atoms with Crippen molar-refractivity contribution >= 4 is 11.6 Å². The van der Waals surface area contributed by atoms with Crippen molar-refractivity contribution in [2.45, 2.75) is 66.4 Å². The average Bonchev–Trinajstić information content (AvgIpc) is 2.69. The Morgan fingerprint density at radius 1 is 1.04 bits per heavy atom. The molecule has 1 aliphatic rings. The lowest BCUT2D eigenvalue weighted by Gasteiger charge is -2.24. The Balaban J connectivity index is 3.48. The van der Waals surface area contributed by atoms with Gasteiger partial charge in [-0.05, 0) is 40.0 Å². The molecule has 3 N–H and O–H groups in total. The molecule has 0 bridgehead atoms. The first-order valence-electron chi connectivity index (χ1n) is 8.85. The maximum atomic E-state index is 12.7. The van der Waals surface area contributed by atoms with Crippen LogP contribution in [0.25, 0.3) is 0 Å². The van der Waals surface area contributed by atoms with Crippen molar-refractivity contribution in [3.8, 4) is 0 Å². The predicted octanol–water partition coefficient (Wildman–Crippen LogP) is 4.25. The molecule has 0 radical (unpaired) electrons. The molecule has 0 spiro atoms. The van der Waals surface area contributed by atoms with Gasteiger partial charge in [0.2, 0.25) is 5.60 Å². The predicted molar refractivity (Wildman–Crippen MR) is 102 cm³/mol. The number of carbonyl (C=O) groups excluding carboxylic acids is 2. The van der Waals surface area contributed by atoms with E-state index in [1.54, 1.807) is 12.2 Å². The molecule has 0 aromatic heterocycles. The molecule has 1 aliphatic carbocycles. The van der Waals surface area contributed by atoms with Crippen molar-refractivity contribution in [3.05, 3.63) is 46.0 Å². The van der Waals surface area contributed by atoms with Crippen LogP contribution in [0.15, 0.2) is 46.0 Å². The zero-order valence-electron chi connectivity index (χ0n) is 16.5. The Hall–Kier alpha value is -2.14. The van der Waals surface area contributed by atoms with E-state index in [0.717, 1.165) is 11.1 Å². The summed E-state index contributed by atoms with van der Waals surface area (Å²) in [5.74, 6) is -2.40. The lowest BCUT2D eigenvalue weighted by atomic mass is 9.86. The summed E-state index contributed by atoms with van der Waals surface area (Å²) >= 11 is 0. The van der Waals surface area contributed by atoms with Gasteiger partial charge < -0.3 is 15.3 Å². The van der Waals surface area contributed by atoms with Crippen LogP contribution < -0.4 is 0 Å². The van der Waals surface area contributed by atoms with E-state index in [9.17, 15) is 24.9 Å². The van der Waals surface area contributed by atoms with Crippen molar-refractivity contribution in [2.24, 2.45) is 5.92 Å². The van der Waals surface area contributed by atoms with Crippen molar-refractivity contribution in [2.75, 3.05) is 0 Å². The van der Waals surface area contributed by atoms with E-state index in [-0.39, 0.29) is 36.3 Å². The summed E-state index contributed by atoms with van der Waals surface area (Å²) in [7, 11) is 0. The molecule has 5 heteroatoms. The van der Waals surface area contributed by atoms with Gasteiger partial charge in [0.15, 0.2) is 17.3 Å². The number of hydrogen-bond acceptors (Lipinski definition) is 5. The molecule has 0 saturated heterocycles. The lowest BCUT2D eigenvalue weighted by Crippen LogP contribution is -2.41. The van der Waals surface area contributed by atoms with Crippen LogP contribution in [0.4, 0.5) is 0 Å². The number of aliphatic hydroxyl groups excluding tert-OH is 2. The van der Waals surface area contributed by atoms with Gasteiger partial charge in [0, 0.05) is 18.4 Å². The number of aliphatic hydroxyl groups is 3. The fourth-order valence-corrected chi connectivity index (χ4v) is 2.79. The van der Waals surface area contributed by atoms with Crippen molar-refractivity contribution in [1.29, 1.82) is 0 Å². The van der Waals surface area contributed by atoms with Gasteiger partial charge in [0.05, 0.1) is 0 Å². The molecule has 0 amide bonds. The molecule has 5 nitrogen and oxygen atoms in total. The van der Waals surface area contributed by atoms with Crippen LogP contribution in [0, 0.1) is 5.92 Å². The third kappa shape index (κ3) is 4.52. The molecule has 0 aromatic carbocycles. The number of allylic oxidation sites excluding steroid dienone is 5. The number of hydrogen-bond donors (Lipinski definition) is 3. The van der Waals surface area contributed by atoms with Gasteiger partial charge in [-0.2, -0.15) is 0 Å². The highest BCUT2D eigenvalue weighted by Gasteiger charge is 2.52. The van der Waals surface area contributed by atoms with Crippen LogP contribution in [0.3, 0.4) is 0 Å². The molecule has 1 atom stereocenters. The summed E-state index contributed by atoms with van der Waals surface area (Å²) < 4.78 is 0. The van der Waals surface area contributed by atoms with E-state index in [0.29, 0.717) is 0 Å². The van der Waals surface area contributed by atoms with E-state index in [1.165, 1.54) is 0 Å².